The molecular formula is C18H23N3. The third kappa shape index (κ3) is 2.65. The van der Waals surface area contributed by atoms with E-state index in [1.807, 2.05) is 13.1 Å². The number of anilines is 1. The van der Waals surface area contributed by atoms with E-state index in [0.29, 0.717) is 12.0 Å². The summed E-state index contributed by atoms with van der Waals surface area (Å²) in [7, 11) is 0. The standard InChI is InChI=1S/C18H23N3/c1-12-7-5-6-8-17(12)16-9-14(3)21(11-16)18-15(4)19-10-13(2)20-18/h5-8,10,14,16H,9,11H2,1-4H3. The molecular weight excluding hydrogens is 258 g/mol. The first-order valence-electron chi connectivity index (χ1n) is 7.68. The van der Waals surface area contributed by atoms with Gasteiger partial charge in [-0.2, -0.15) is 0 Å². The summed E-state index contributed by atoms with van der Waals surface area (Å²) in [6, 6.07) is 9.24. The Bertz CT molecular complexity index is 651. The highest BCUT2D eigenvalue weighted by Gasteiger charge is 2.32. The maximum Gasteiger partial charge on any atom is 0.150 e. The summed E-state index contributed by atoms with van der Waals surface area (Å²) >= 11 is 0. The Morgan fingerprint density at radius 2 is 1.90 bits per heavy atom. The second-order valence-electron chi connectivity index (χ2n) is 6.21. The molecule has 2 heterocycles. The first-order valence-corrected chi connectivity index (χ1v) is 7.68. The van der Waals surface area contributed by atoms with E-state index in [4.69, 9.17) is 4.98 Å². The van der Waals surface area contributed by atoms with Crippen LogP contribution in [0.1, 0.15) is 41.8 Å². The van der Waals surface area contributed by atoms with Gasteiger partial charge in [-0.15, -0.1) is 0 Å². The maximum atomic E-state index is 4.72. The lowest BCUT2D eigenvalue weighted by molar-refractivity contribution is 0.692. The van der Waals surface area contributed by atoms with Crippen LogP contribution in [0, 0.1) is 20.8 Å². The quantitative estimate of drug-likeness (QED) is 0.838. The highest BCUT2D eigenvalue weighted by molar-refractivity contribution is 5.47. The largest absolute Gasteiger partial charge is 0.352 e. The van der Waals surface area contributed by atoms with Crippen LogP contribution in [0.25, 0.3) is 0 Å². The first kappa shape index (κ1) is 14.1. The predicted molar refractivity (Wildman–Crippen MR) is 86.9 cm³/mol. The second-order valence-corrected chi connectivity index (χ2v) is 6.21. The zero-order valence-corrected chi connectivity index (χ0v) is 13.3. The minimum atomic E-state index is 0.504. The van der Waals surface area contributed by atoms with Crippen LogP contribution >= 0.6 is 0 Å². The summed E-state index contributed by atoms with van der Waals surface area (Å²) in [4.78, 5) is 11.6. The molecule has 2 atom stereocenters. The number of aryl methyl sites for hydroxylation is 3. The molecule has 2 aromatic rings. The SMILES string of the molecule is Cc1cnc(C)c(N2CC(c3ccccc3C)CC2C)n1. The minimum absolute atomic E-state index is 0.504. The number of aromatic nitrogens is 2. The van der Waals surface area contributed by atoms with Gasteiger partial charge in [0.05, 0.1) is 11.4 Å². The maximum absolute atomic E-state index is 4.72. The molecule has 1 aliphatic heterocycles. The van der Waals surface area contributed by atoms with Crippen LogP contribution in [-0.4, -0.2) is 22.6 Å². The van der Waals surface area contributed by atoms with Gasteiger partial charge < -0.3 is 4.90 Å². The lowest BCUT2D eigenvalue weighted by atomic mass is 9.93. The number of hydrogen-bond donors (Lipinski definition) is 0. The molecule has 1 saturated heterocycles. The van der Waals surface area contributed by atoms with Gasteiger partial charge in [-0.1, -0.05) is 24.3 Å². The molecule has 3 nitrogen and oxygen atoms in total. The molecule has 1 aromatic carbocycles. The molecule has 21 heavy (non-hydrogen) atoms. The molecule has 0 amide bonds. The summed E-state index contributed by atoms with van der Waals surface area (Å²) in [6.45, 7) is 9.60. The normalized spacial score (nSPS) is 21.8. The highest BCUT2D eigenvalue weighted by Crippen LogP contribution is 2.36. The van der Waals surface area contributed by atoms with Crippen molar-refractivity contribution in [2.45, 2.75) is 46.1 Å². The van der Waals surface area contributed by atoms with Crippen LogP contribution in [-0.2, 0) is 0 Å². The average Bonchev–Trinajstić information content (AvgIpc) is 2.84. The molecule has 0 radical (unpaired) electrons. The van der Waals surface area contributed by atoms with Gasteiger partial charge in [0.25, 0.3) is 0 Å². The van der Waals surface area contributed by atoms with Gasteiger partial charge in [-0.3, -0.25) is 4.98 Å². The molecule has 0 bridgehead atoms. The molecule has 1 aliphatic rings. The fraction of sp³-hybridized carbons (Fsp3) is 0.444. The van der Waals surface area contributed by atoms with Gasteiger partial charge in [-0.25, -0.2) is 4.98 Å². The Kier molecular flexibility index (Phi) is 3.66. The van der Waals surface area contributed by atoms with Gasteiger partial charge in [0.1, 0.15) is 0 Å². The molecule has 3 heteroatoms. The summed E-state index contributed by atoms with van der Waals surface area (Å²) in [5, 5.41) is 0. The van der Waals surface area contributed by atoms with E-state index in [9.17, 15) is 0 Å². The highest BCUT2D eigenvalue weighted by atomic mass is 15.2. The van der Waals surface area contributed by atoms with E-state index in [1.54, 1.807) is 0 Å². The smallest absolute Gasteiger partial charge is 0.150 e. The first-order chi connectivity index (χ1) is 10.1. The Morgan fingerprint density at radius 3 is 2.67 bits per heavy atom. The van der Waals surface area contributed by atoms with Crippen molar-refractivity contribution in [1.82, 2.24) is 9.97 Å². The Morgan fingerprint density at radius 1 is 1.14 bits per heavy atom. The molecule has 0 saturated carbocycles. The van der Waals surface area contributed by atoms with Crippen LogP contribution in [0.3, 0.4) is 0 Å². The van der Waals surface area contributed by atoms with Gasteiger partial charge in [0.15, 0.2) is 5.82 Å². The van der Waals surface area contributed by atoms with Crippen LogP contribution in [0.5, 0.6) is 0 Å². The fourth-order valence-corrected chi connectivity index (χ4v) is 3.39. The van der Waals surface area contributed by atoms with Crippen molar-refractivity contribution in [3.63, 3.8) is 0 Å². The molecule has 110 valence electrons. The lowest BCUT2D eigenvalue weighted by Gasteiger charge is -2.24. The number of benzene rings is 1. The second kappa shape index (κ2) is 5.47. The average molecular weight is 281 g/mol. The van der Waals surface area contributed by atoms with Crippen molar-refractivity contribution in [3.8, 4) is 0 Å². The fourth-order valence-electron chi connectivity index (χ4n) is 3.39. The van der Waals surface area contributed by atoms with Crippen molar-refractivity contribution in [2.24, 2.45) is 0 Å². The minimum Gasteiger partial charge on any atom is -0.352 e. The number of hydrogen-bond acceptors (Lipinski definition) is 3. The van der Waals surface area contributed by atoms with Crippen molar-refractivity contribution < 1.29 is 0 Å². The van der Waals surface area contributed by atoms with Crippen molar-refractivity contribution in [3.05, 3.63) is 53.0 Å². The van der Waals surface area contributed by atoms with E-state index in [1.165, 1.54) is 17.5 Å². The van der Waals surface area contributed by atoms with Crippen LogP contribution in [0.4, 0.5) is 5.82 Å². The van der Waals surface area contributed by atoms with Gasteiger partial charge >= 0.3 is 0 Å². The molecule has 0 aliphatic carbocycles. The third-order valence-corrected chi connectivity index (χ3v) is 4.53. The predicted octanol–water partition coefficient (Wildman–Crippen LogP) is 3.78. The van der Waals surface area contributed by atoms with E-state index in [0.717, 1.165) is 23.8 Å². The van der Waals surface area contributed by atoms with Crippen LogP contribution in [0.2, 0.25) is 0 Å². The van der Waals surface area contributed by atoms with E-state index >= 15 is 0 Å². The summed E-state index contributed by atoms with van der Waals surface area (Å²) < 4.78 is 0. The monoisotopic (exact) mass is 281 g/mol. The third-order valence-electron chi connectivity index (χ3n) is 4.53. The van der Waals surface area contributed by atoms with Gasteiger partial charge in [0.2, 0.25) is 0 Å². The molecule has 0 spiro atoms. The molecule has 2 unspecified atom stereocenters. The van der Waals surface area contributed by atoms with Gasteiger partial charge in [-0.05, 0) is 45.2 Å². The van der Waals surface area contributed by atoms with E-state index in [-0.39, 0.29) is 0 Å². The van der Waals surface area contributed by atoms with Crippen molar-refractivity contribution in [2.75, 3.05) is 11.4 Å². The Balaban J connectivity index is 1.90. The molecule has 0 N–H and O–H groups in total. The number of nitrogens with zero attached hydrogens (tertiary/aromatic N) is 3. The summed E-state index contributed by atoms with van der Waals surface area (Å²) in [5.41, 5.74) is 4.88. The number of rotatable bonds is 2. The van der Waals surface area contributed by atoms with E-state index in [2.05, 4.69) is 54.9 Å². The van der Waals surface area contributed by atoms with Crippen LogP contribution in [0.15, 0.2) is 30.5 Å². The van der Waals surface area contributed by atoms with Gasteiger partial charge in [0, 0.05) is 24.7 Å². The topological polar surface area (TPSA) is 29.0 Å². The van der Waals surface area contributed by atoms with Crippen LogP contribution < -0.4 is 4.90 Å². The molecule has 1 fully saturated rings. The lowest BCUT2D eigenvalue weighted by Crippen LogP contribution is -2.28. The zero-order valence-electron chi connectivity index (χ0n) is 13.3. The van der Waals surface area contributed by atoms with Crippen molar-refractivity contribution in [1.29, 1.82) is 0 Å². The zero-order chi connectivity index (χ0) is 15.0. The van der Waals surface area contributed by atoms with Crippen molar-refractivity contribution >= 4 is 5.82 Å². The molecule has 1 aromatic heterocycles. The summed E-state index contributed by atoms with van der Waals surface area (Å²) in [6.07, 6.45) is 3.03. The Labute approximate surface area is 127 Å². The molecule has 3 rings (SSSR count). The Hall–Kier alpha value is -1.90. The van der Waals surface area contributed by atoms with E-state index < -0.39 is 0 Å². The summed E-state index contributed by atoms with van der Waals surface area (Å²) in [5.74, 6) is 1.64.